The topological polar surface area (TPSA) is 123 Å². The smallest absolute Gasteiger partial charge is 0.355 e. The van der Waals surface area contributed by atoms with Crippen molar-refractivity contribution in [2.24, 2.45) is 5.92 Å². The fourth-order valence-electron chi connectivity index (χ4n) is 3.10. The van der Waals surface area contributed by atoms with Crippen molar-refractivity contribution in [3.05, 3.63) is 46.8 Å². The Balaban J connectivity index is 1.75. The zero-order valence-electron chi connectivity index (χ0n) is 15.5. The van der Waals surface area contributed by atoms with Gasteiger partial charge in [-0.2, -0.15) is 0 Å². The van der Waals surface area contributed by atoms with Gasteiger partial charge in [0, 0.05) is 13.1 Å². The first-order valence-electron chi connectivity index (χ1n) is 9.08. The minimum atomic E-state index is -0.498. The predicted molar refractivity (Wildman–Crippen MR) is 104 cm³/mol. The fraction of sp³-hybridized carbons (Fsp3) is 0.389. The SMILES string of the molecule is CCOC(=O)C1CCN(c2ncnc(NNc3ccccc3)c2[N+](=O)[O-])CC1. The highest BCUT2D eigenvalue weighted by molar-refractivity contribution is 5.74. The molecule has 148 valence electrons. The summed E-state index contributed by atoms with van der Waals surface area (Å²) in [7, 11) is 0. The first-order valence-corrected chi connectivity index (χ1v) is 9.08. The summed E-state index contributed by atoms with van der Waals surface area (Å²) >= 11 is 0. The van der Waals surface area contributed by atoms with E-state index in [-0.39, 0.29) is 29.2 Å². The number of hydrogen-bond donors (Lipinski definition) is 2. The lowest BCUT2D eigenvalue weighted by Crippen LogP contribution is -2.38. The Labute approximate surface area is 162 Å². The first-order chi connectivity index (χ1) is 13.6. The summed E-state index contributed by atoms with van der Waals surface area (Å²) in [5, 5.41) is 11.7. The summed E-state index contributed by atoms with van der Waals surface area (Å²) in [6.07, 6.45) is 2.41. The molecule has 1 fully saturated rings. The molecule has 2 N–H and O–H groups in total. The molecule has 2 heterocycles. The number of ether oxygens (including phenoxy) is 1. The summed E-state index contributed by atoms with van der Waals surface area (Å²) in [6.45, 7) is 3.08. The van der Waals surface area contributed by atoms with Gasteiger partial charge in [0.2, 0.25) is 11.6 Å². The summed E-state index contributed by atoms with van der Waals surface area (Å²) in [6, 6.07) is 9.20. The number of nitro groups is 1. The Kier molecular flexibility index (Phi) is 6.20. The summed E-state index contributed by atoms with van der Waals surface area (Å²) < 4.78 is 5.07. The number of nitrogens with one attached hydrogen (secondary N) is 2. The van der Waals surface area contributed by atoms with Crippen LogP contribution in [0.4, 0.5) is 23.0 Å². The van der Waals surface area contributed by atoms with E-state index in [1.807, 2.05) is 35.2 Å². The molecule has 10 nitrogen and oxygen atoms in total. The largest absolute Gasteiger partial charge is 0.466 e. The maximum Gasteiger partial charge on any atom is 0.355 e. The average molecular weight is 386 g/mol. The highest BCUT2D eigenvalue weighted by Crippen LogP contribution is 2.34. The summed E-state index contributed by atoms with van der Waals surface area (Å²) in [5.74, 6) is -0.0887. The molecule has 0 spiro atoms. The van der Waals surface area contributed by atoms with Crippen LogP contribution in [0.15, 0.2) is 36.7 Å². The first kappa shape index (κ1) is 19.3. The Morgan fingerprint density at radius 2 is 1.96 bits per heavy atom. The summed E-state index contributed by atoms with van der Waals surface area (Å²) in [5.41, 5.74) is 6.22. The van der Waals surface area contributed by atoms with E-state index in [2.05, 4.69) is 20.8 Å². The molecular formula is C18H22N6O4. The highest BCUT2D eigenvalue weighted by atomic mass is 16.6. The van der Waals surface area contributed by atoms with Crippen molar-refractivity contribution in [3.8, 4) is 0 Å². The van der Waals surface area contributed by atoms with Gasteiger partial charge in [0.1, 0.15) is 6.33 Å². The van der Waals surface area contributed by atoms with Crippen LogP contribution in [0.3, 0.4) is 0 Å². The Hall–Kier alpha value is -3.43. The lowest BCUT2D eigenvalue weighted by molar-refractivity contribution is -0.383. The molecule has 0 amide bonds. The van der Waals surface area contributed by atoms with Gasteiger partial charge in [-0.15, -0.1) is 0 Å². The molecule has 0 atom stereocenters. The molecule has 1 aliphatic heterocycles. The normalized spacial score (nSPS) is 14.4. The zero-order chi connectivity index (χ0) is 19.9. The second-order valence-electron chi connectivity index (χ2n) is 6.28. The standard InChI is InChI=1S/C18H22N6O4/c1-2-28-18(25)13-8-10-23(11-9-13)17-15(24(26)27)16(19-12-20-17)22-21-14-6-4-3-5-7-14/h3-7,12-13,21H,2,8-11H2,1H3,(H,19,20,22). The van der Waals surface area contributed by atoms with E-state index in [4.69, 9.17) is 4.74 Å². The molecule has 3 rings (SSSR count). The second-order valence-corrected chi connectivity index (χ2v) is 6.28. The van der Waals surface area contributed by atoms with E-state index in [1.54, 1.807) is 6.92 Å². The van der Waals surface area contributed by atoms with E-state index >= 15 is 0 Å². The van der Waals surface area contributed by atoms with Gasteiger partial charge in [0.05, 0.1) is 23.1 Å². The minimum Gasteiger partial charge on any atom is -0.466 e. The molecule has 2 aromatic rings. The minimum absolute atomic E-state index is 0.0753. The van der Waals surface area contributed by atoms with Gasteiger partial charge in [-0.1, -0.05) is 18.2 Å². The number of benzene rings is 1. The molecule has 0 saturated carbocycles. The van der Waals surface area contributed by atoms with Crippen LogP contribution in [0.5, 0.6) is 0 Å². The van der Waals surface area contributed by atoms with Crippen LogP contribution in [0.1, 0.15) is 19.8 Å². The molecule has 28 heavy (non-hydrogen) atoms. The number of nitrogens with zero attached hydrogens (tertiary/aromatic N) is 4. The van der Waals surface area contributed by atoms with E-state index in [1.165, 1.54) is 6.33 Å². The number of carbonyl (C=O) groups is 1. The maximum atomic E-state index is 11.9. The van der Waals surface area contributed by atoms with Gasteiger partial charge in [0.25, 0.3) is 0 Å². The van der Waals surface area contributed by atoms with Crippen LogP contribution in [0.25, 0.3) is 0 Å². The van der Waals surface area contributed by atoms with Crippen LogP contribution in [-0.4, -0.2) is 40.6 Å². The number of rotatable bonds is 7. The van der Waals surface area contributed by atoms with E-state index in [9.17, 15) is 14.9 Å². The molecule has 0 radical (unpaired) electrons. The Bertz CT molecular complexity index is 824. The van der Waals surface area contributed by atoms with E-state index in [0.29, 0.717) is 32.5 Å². The highest BCUT2D eigenvalue weighted by Gasteiger charge is 2.32. The molecule has 0 unspecified atom stereocenters. The van der Waals surface area contributed by atoms with E-state index < -0.39 is 4.92 Å². The van der Waals surface area contributed by atoms with Crippen molar-refractivity contribution >= 4 is 29.0 Å². The van der Waals surface area contributed by atoms with Crippen molar-refractivity contribution in [1.82, 2.24) is 9.97 Å². The van der Waals surface area contributed by atoms with Crippen LogP contribution in [0, 0.1) is 16.0 Å². The van der Waals surface area contributed by atoms with Gasteiger partial charge < -0.3 is 9.64 Å². The third kappa shape index (κ3) is 4.45. The molecule has 0 bridgehead atoms. The van der Waals surface area contributed by atoms with Crippen molar-refractivity contribution in [3.63, 3.8) is 0 Å². The lowest BCUT2D eigenvalue weighted by Gasteiger charge is -2.31. The number of carbonyl (C=O) groups excluding carboxylic acids is 1. The van der Waals surface area contributed by atoms with Gasteiger partial charge >= 0.3 is 11.7 Å². The molecule has 0 aliphatic carbocycles. The zero-order valence-corrected chi connectivity index (χ0v) is 15.5. The van der Waals surface area contributed by atoms with Crippen molar-refractivity contribution in [1.29, 1.82) is 0 Å². The number of piperidine rings is 1. The van der Waals surface area contributed by atoms with Crippen molar-refractivity contribution in [2.75, 3.05) is 35.4 Å². The molecule has 10 heteroatoms. The number of hydrogen-bond acceptors (Lipinski definition) is 9. The lowest BCUT2D eigenvalue weighted by atomic mass is 9.97. The van der Waals surface area contributed by atoms with Crippen LogP contribution >= 0.6 is 0 Å². The quantitative estimate of drug-likeness (QED) is 0.420. The van der Waals surface area contributed by atoms with Crippen LogP contribution < -0.4 is 15.8 Å². The monoisotopic (exact) mass is 386 g/mol. The Morgan fingerprint density at radius 1 is 1.25 bits per heavy atom. The number of hydrazine groups is 1. The third-order valence-electron chi connectivity index (χ3n) is 4.50. The molecule has 1 aromatic heterocycles. The Morgan fingerprint density at radius 3 is 2.61 bits per heavy atom. The second kappa shape index (κ2) is 8.98. The van der Waals surface area contributed by atoms with Crippen LogP contribution in [0.2, 0.25) is 0 Å². The molecule has 1 aliphatic rings. The van der Waals surface area contributed by atoms with Crippen molar-refractivity contribution < 1.29 is 14.5 Å². The number of aromatic nitrogens is 2. The number of para-hydroxylation sites is 1. The maximum absolute atomic E-state index is 11.9. The molecule has 1 aromatic carbocycles. The van der Waals surface area contributed by atoms with E-state index in [0.717, 1.165) is 5.69 Å². The average Bonchev–Trinajstić information content (AvgIpc) is 2.73. The molecule has 1 saturated heterocycles. The van der Waals surface area contributed by atoms with Crippen molar-refractivity contribution in [2.45, 2.75) is 19.8 Å². The predicted octanol–water partition coefficient (Wildman–Crippen LogP) is 2.60. The van der Waals surface area contributed by atoms with Gasteiger partial charge in [-0.3, -0.25) is 25.8 Å². The van der Waals surface area contributed by atoms with Gasteiger partial charge in [0.15, 0.2) is 0 Å². The number of anilines is 3. The fourth-order valence-corrected chi connectivity index (χ4v) is 3.10. The van der Waals surface area contributed by atoms with Gasteiger partial charge in [-0.25, -0.2) is 9.97 Å². The summed E-state index contributed by atoms with van der Waals surface area (Å²) in [4.78, 5) is 33.1. The molecular weight excluding hydrogens is 364 g/mol. The third-order valence-corrected chi connectivity index (χ3v) is 4.50. The number of esters is 1. The van der Waals surface area contributed by atoms with Gasteiger partial charge in [-0.05, 0) is 31.9 Å². The van der Waals surface area contributed by atoms with Crippen LogP contribution in [-0.2, 0) is 9.53 Å².